The van der Waals surface area contributed by atoms with E-state index in [9.17, 15) is 14.7 Å². The number of aromatic carboxylic acids is 1. The van der Waals surface area contributed by atoms with Gasteiger partial charge in [-0.15, -0.1) is 11.3 Å². The van der Waals surface area contributed by atoms with Gasteiger partial charge in [0.1, 0.15) is 24.0 Å². The molecule has 0 bridgehead atoms. The summed E-state index contributed by atoms with van der Waals surface area (Å²) in [7, 11) is 1.61. The quantitative estimate of drug-likeness (QED) is 0.246. The number of methoxy groups -OCH3 is 1. The number of carbonyl (C=O) groups is 2. The van der Waals surface area contributed by atoms with Crippen LogP contribution >= 0.6 is 11.3 Å². The molecule has 0 aliphatic heterocycles. The van der Waals surface area contributed by atoms with Crippen LogP contribution in [0, 0.1) is 0 Å². The van der Waals surface area contributed by atoms with Crippen molar-refractivity contribution in [3.05, 3.63) is 76.2 Å². The molecule has 186 valence electrons. The second-order valence-corrected chi connectivity index (χ2v) is 10.2. The second kappa shape index (κ2) is 10.7. The molecule has 0 radical (unpaired) electrons. The first-order valence-electron chi connectivity index (χ1n) is 12.3. The summed E-state index contributed by atoms with van der Waals surface area (Å²) in [6.07, 6.45) is 6.19. The maximum Gasteiger partial charge on any atom is 0.346 e. The van der Waals surface area contributed by atoms with E-state index in [-0.39, 0.29) is 23.1 Å². The van der Waals surface area contributed by atoms with Crippen molar-refractivity contribution < 1.29 is 24.2 Å². The molecule has 6 nitrogen and oxygen atoms in total. The first-order chi connectivity index (χ1) is 17.6. The van der Waals surface area contributed by atoms with Gasteiger partial charge in [0.15, 0.2) is 6.29 Å². The van der Waals surface area contributed by atoms with Crippen molar-refractivity contribution in [1.82, 2.24) is 4.57 Å². The highest BCUT2D eigenvalue weighted by molar-refractivity contribution is 7.21. The van der Waals surface area contributed by atoms with Gasteiger partial charge in [-0.25, -0.2) is 4.79 Å². The van der Waals surface area contributed by atoms with Gasteiger partial charge in [-0.3, -0.25) is 4.79 Å². The number of carboxylic acids is 1. The minimum Gasteiger partial charge on any atom is -0.488 e. The Morgan fingerprint density at radius 2 is 1.81 bits per heavy atom. The molecule has 1 saturated carbocycles. The number of thiophene rings is 1. The molecule has 2 aromatic carbocycles. The molecule has 0 atom stereocenters. The van der Waals surface area contributed by atoms with Crippen molar-refractivity contribution in [2.75, 3.05) is 7.11 Å². The fourth-order valence-corrected chi connectivity index (χ4v) is 6.60. The van der Waals surface area contributed by atoms with Gasteiger partial charge in [0, 0.05) is 12.7 Å². The molecule has 7 heteroatoms. The molecule has 0 amide bonds. The van der Waals surface area contributed by atoms with Gasteiger partial charge in [0.2, 0.25) is 0 Å². The molecule has 1 aliphatic rings. The highest BCUT2D eigenvalue weighted by Gasteiger charge is 2.32. The number of nitrogens with zero attached hydrogens (tertiary/aromatic N) is 1. The van der Waals surface area contributed by atoms with E-state index in [0.717, 1.165) is 58.5 Å². The Morgan fingerprint density at radius 1 is 1.08 bits per heavy atom. The number of aldehydes is 1. The van der Waals surface area contributed by atoms with Gasteiger partial charge >= 0.3 is 5.97 Å². The van der Waals surface area contributed by atoms with Gasteiger partial charge < -0.3 is 19.1 Å². The minimum atomic E-state index is -1.08. The predicted molar refractivity (Wildman–Crippen MR) is 141 cm³/mol. The summed E-state index contributed by atoms with van der Waals surface area (Å²) < 4.78 is 14.8. The molecule has 0 unspecified atom stereocenters. The number of hydrogen-bond donors (Lipinski definition) is 1. The van der Waals surface area contributed by atoms with E-state index < -0.39 is 5.97 Å². The second-order valence-electron chi connectivity index (χ2n) is 9.16. The highest BCUT2D eigenvalue weighted by Crippen LogP contribution is 2.49. The van der Waals surface area contributed by atoms with E-state index in [2.05, 4.69) is 0 Å². The fourth-order valence-electron chi connectivity index (χ4n) is 5.36. The Bertz CT molecular complexity index is 1380. The Kier molecular flexibility index (Phi) is 7.20. The lowest BCUT2D eigenvalue weighted by Gasteiger charge is -2.24. The number of carboxylic acid groups (broad SMARTS) is 1. The SMILES string of the molecule is COCn1c(-c2ccccc2OCc2ccccc2)c(C2CCCCC2)c2sc(C(=O)O)c(C=O)c21. The van der Waals surface area contributed by atoms with E-state index in [1.54, 1.807) is 7.11 Å². The summed E-state index contributed by atoms with van der Waals surface area (Å²) in [5.41, 5.74) is 4.91. The smallest absolute Gasteiger partial charge is 0.346 e. The van der Waals surface area contributed by atoms with Crippen LogP contribution in [0.1, 0.15) is 69.2 Å². The zero-order valence-corrected chi connectivity index (χ0v) is 21.1. The van der Waals surface area contributed by atoms with Crippen molar-refractivity contribution in [3.8, 4) is 17.0 Å². The number of carbonyl (C=O) groups excluding carboxylic acids is 1. The topological polar surface area (TPSA) is 77.8 Å². The van der Waals surface area contributed by atoms with Gasteiger partial charge in [0.25, 0.3) is 0 Å². The predicted octanol–water partition coefficient (Wildman–Crippen LogP) is 7.11. The van der Waals surface area contributed by atoms with Crippen LogP contribution in [-0.2, 0) is 18.1 Å². The molecule has 0 saturated heterocycles. The van der Waals surface area contributed by atoms with Crippen molar-refractivity contribution in [1.29, 1.82) is 0 Å². The molecule has 1 aliphatic carbocycles. The van der Waals surface area contributed by atoms with E-state index in [0.29, 0.717) is 18.4 Å². The number of hydrogen-bond acceptors (Lipinski definition) is 5. The van der Waals surface area contributed by atoms with E-state index in [1.807, 2.05) is 59.2 Å². The Labute approximate surface area is 214 Å². The van der Waals surface area contributed by atoms with Crippen molar-refractivity contribution in [3.63, 3.8) is 0 Å². The normalized spacial score (nSPS) is 14.2. The van der Waals surface area contributed by atoms with Gasteiger partial charge in [-0.2, -0.15) is 0 Å². The number of benzene rings is 2. The molecule has 1 fully saturated rings. The van der Waals surface area contributed by atoms with Crippen molar-refractivity contribution in [2.45, 2.75) is 51.4 Å². The van der Waals surface area contributed by atoms with E-state index in [4.69, 9.17) is 9.47 Å². The van der Waals surface area contributed by atoms with Crippen molar-refractivity contribution >= 4 is 33.8 Å². The lowest BCUT2D eigenvalue weighted by molar-refractivity contribution is 0.0699. The lowest BCUT2D eigenvalue weighted by atomic mass is 9.83. The van der Waals surface area contributed by atoms with Crippen LogP contribution in [0.15, 0.2) is 54.6 Å². The van der Waals surface area contributed by atoms with Crippen LogP contribution in [-0.4, -0.2) is 29.0 Å². The van der Waals surface area contributed by atoms with E-state index in [1.165, 1.54) is 17.8 Å². The summed E-state index contributed by atoms with van der Waals surface area (Å²) >= 11 is 1.20. The molecule has 2 aromatic heterocycles. The minimum absolute atomic E-state index is 0.0806. The molecule has 4 aromatic rings. The zero-order chi connectivity index (χ0) is 25.1. The van der Waals surface area contributed by atoms with Crippen LogP contribution in [0.3, 0.4) is 0 Å². The average molecular weight is 504 g/mol. The summed E-state index contributed by atoms with van der Waals surface area (Å²) in [6.45, 7) is 0.626. The standard InChI is InChI=1S/C29H29NO5S/c1-34-18-30-25(21-14-8-9-15-23(21)35-17-19-10-4-2-5-11-19)24(20-12-6-3-7-13-20)28-26(30)22(16-31)27(36-28)29(32)33/h2,4-5,8-11,14-16,20H,3,6-7,12-13,17-18H2,1H3,(H,32,33). The summed E-state index contributed by atoms with van der Waals surface area (Å²) in [5.74, 6) is -0.0617. The van der Waals surface area contributed by atoms with Crippen LogP contribution in [0.5, 0.6) is 5.75 Å². The maximum absolute atomic E-state index is 12.2. The summed E-state index contributed by atoms with van der Waals surface area (Å²) in [5, 5.41) is 9.84. The fraction of sp³-hybridized carbons (Fsp3) is 0.310. The zero-order valence-electron chi connectivity index (χ0n) is 20.2. The lowest BCUT2D eigenvalue weighted by Crippen LogP contribution is -2.09. The third-order valence-corrected chi connectivity index (χ3v) is 8.14. The highest BCUT2D eigenvalue weighted by atomic mass is 32.1. The average Bonchev–Trinajstić information content (AvgIpc) is 3.44. The van der Waals surface area contributed by atoms with Crippen LogP contribution < -0.4 is 4.74 Å². The van der Waals surface area contributed by atoms with Gasteiger partial charge in [0.05, 0.1) is 21.5 Å². The molecular formula is C29H29NO5S. The van der Waals surface area contributed by atoms with Crippen LogP contribution in [0.2, 0.25) is 0 Å². The summed E-state index contributed by atoms with van der Waals surface area (Å²) in [6, 6.07) is 18.0. The Morgan fingerprint density at radius 3 is 2.50 bits per heavy atom. The molecule has 5 rings (SSSR count). The number of fused-ring (bicyclic) bond motifs is 1. The van der Waals surface area contributed by atoms with E-state index >= 15 is 0 Å². The summed E-state index contributed by atoms with van der Waals surface area (Å²) in [4.78, 5) is 24.3. The molecule has 1 N–H and O–H groups in total. The molecule has 2 heterocycles. The third-order valence-electron chi connectivity index (χ3n) is 6.92. The third kappa shape index (κ3) is 4.45. The molecular weight excluding hydrogens is 474 g/mol. The molecule has 36 heavy (non-hydrogen) atoms. The van der Waals surface area contributed by atoms with Gasteiger partial charge in [-0.05, 0) is 42.0 Å². The number of para-hydroxylation sites is 1. The Balaban J connectivity index is 1.74. The number of rotatable bonds is 9. The number of ether oxygens (including phenoxy) is 2. The van der Waals surface area contributed by atoms with Crippen molar-refractivity contribution in [2.24, 2.45) is 0 Å². The largest absolute Gasteiger partial charge is 0.488 e. The first kappa shape index (κ1) is 24.3. The maximum atomic E-state index is 12.2. The van der Waals surface area contributed by atoms with Crippen LogP contribution in [0.4, 0.5) is 0 Å². The van der Waals surface area contributed by atoms with Crippen LogP contribution in [0.25, 0.3) is 21.5 Å². The van der Waals surface area contributed by atoms with Gasteiger partial charge in [-0.1, -0.05) is 61.7 Å². The first-order valence-corrected chi connectivity index (χ1v) is 13.1. The monoisotopic (exact) mass is 503 g/mol. The molecule has 0 spiro atoms. The number of aromatic nitrogens is 1. The Hall–Kier alpha value is -3.42.